The Morgan fingerprint density at radius 2 is 1.86 bits per heavy atom. The Bertz CT molecular complexity index is 973. The average molecular weight is 375 g/mol. The van der Waals surface area contributed by atoms with Gasteiger partial charge >= 0.3 is 0 Å². The SMILES string of the molecule is Cc1ccccc1-c1cn[nH]c1C1CCN(Cc2ccc3c(c2)OCO3)CC1. The molecule has 0 aliphatic carbocycles. The van der Waals surface area contributed by atoms with Crippen LogP contribution in [-0.4, -0.2) is 35.0 Å². The van der Waals surface area contributed by atoms with Crippen molar-refractivity contribution in [2.24, 2.45) is 0 Å². The van der Waals surface area contributed by atoms with E-state index in [4.69, 9.17) is 9.47 Å². The first-order valence-electron chi connectivity index (χ1n) is 9.98. The van der Waals surface area contributed by atoms with E-state index in [0.29, 0.717) is 12.7 Å². The van der Waals surface area contributed by atoms with Crippen LogP contribution in [0.25, 0.3) is 11.1 Å². The first kappa shape index (κ1) is 17.3. The van der Waals surface area contributed by atoms with Gasteiger partial charge in [-0.05, 0) is 61.7 Å². The number of aromatic amines is 1. The number of aryl methyl sites for hydroxylation is 1. The lowest BCUT2D eigenvalue weighted by Gasteiger charge is -2.32. The van der Waals surface area contributed by atoms with Crippen LogP contribution in [-0.2, 0) is 6.54 Å². The zero-order valence-electron chi connectivity index (χ0n) is 16.1. The minimum absolute atomic E-state index is 0.331. The summed E-state index contributed by atoms with van der Waals surface area (Å²) in [6.45, 7) is 5.63. The van der Waals surface area contributed by atoms with E-state index in [-0.39, 0.29) is 0 Å². The number of aromatic nitrogens is 2. The van der Waals surface area contributed by atoms with Crippen LogP contribution in [0, 0.1) is 6.92 Å². The number of piperidine rings is 1. The maximum absolute atomic E-state index is 5.51. The number of hydrogen-bond acceptors (Lipinski definition) is 4. The van der Waals surface area contributed by atoms with Crippen molar-refractivity contribution < 1.29 is 9.47 Å². The van der Waals surface area contributed by atoms with Gasteiger partial charge in [0.2, 0.25) is 6.79 Å². The zero-order chi connectivity index (χ0) is 18.9. The highest BCUT2D eigenvalue weighted by Gasteiger charge is 2.25. The van der Waals surface area contributed by atoms with Crippen LogP contribution in [0.15, 0.2) is 48.7 Å². The summed E-state index contributed by atoms with van der Waals surface area (Å²) in [5.41, 5.74) is 6.41. The summed E-state index contributed by atoms with van der Waals surface area (Å²) in [5.74, 6) is 2.25. The Kier molecular flexibility index (Phi) is 4.53. The van der Waals surface area contributed by atoms with E-state index in [1.165, 1.54) is 27.9 Å². The molecular weight excluding hydrogens is 350 g/mol. The standard InChI is InChI=1S/C23H25N3O2/c1-16-4-2-3-5-19(16)20-13-24-25-23(20)18-8-10-26(11-9-18)14-17-6-7-21-22(12-17)28-15-27-21/h2-7,12-13,18H,8-11,14-15H2,1H3,(H,24,25). The van der Waals surface area contributed by atoms with Gasteiger partial charge in [-0.3, -0.25) is 10.00 Å². The molecule has 0 radical (unpaired) electrons. The number of benzene rings is 2. The lowest BCUT2D eigenvalue weighted by Crippen LogP contribution is -2.32. The number of nitrogens with one attached hydrogen (secondary N) is 1. The zero-order valence-corrected chi connectivity index (χ0v) is 16.1. The van der Waals surface area contributed by atoms with E-state index in [2.05, 4.69) is 58.4 Å². The van der Waals surface area contributed by atoms with Crippen LogP contribution in [0.1, 0.15) is 35.6 Å². The second kappa shape index (κ2) is 7.32. The van der Waals surface area contributed by atoms with Crippen LogP contribution >= 0.6 is 0 Å². The molecule has 1 aromatic heterocycles. The van der Waals surface area contributed by atoms with Crippen LogP contribution < -0.4 is 9.47 Å². The fourth-order valence-corrected chi connectivity index (χ4v) is 4.37. The van der Waals surface area contributed by atoms with Gasteiger partial charge in [0.15, 0.2) is 11.5 Å². The monoisotopic (exact) mass is 375 g/mol. The molecule has 1 N–H and O–H groups in total. The van der Waals surface area contributed by atoms with Gasteiger partial charge in [0.05, 0.1) is 6.20 Å². The van der Waals surface area contributed by atoms with E-state index in [1.807, 2.05) is 12.3 Å². The Hall–Kier alpha value is -2.79. The third-order valence-corrected chi connectivity index (χ3v) is 5.94. The van der Waals surface area contributed by atoms with E-state index in [9.17, 15) is 0 Å². The van der Waals surface area contributed by atoms with Crippen molar-refractivity contribution in [1.82, 2.24) is 15.1 Å². The molecule has 0 saturated carbocycles. The van der Waals surface area contributed by atoms with Crippen LogP contribution in [0.5, 0.6) is 11.5 Å². The summed E-state index contributed by atoms with van der Waals surface area (Å²) in [6, 6.07) is 14.8. The highest BCUT2D eigenvalue weighted by molar-refractivity contribution is 5.69. The number of nitrogens with zero attached hydrogens (tertiary/aromatic N) is 2. The average Bonchev–Trinajstić information content (AvgIpc) is 3.38. The van der Waals surface area contributed by atoms with Crippen molar-refractivity contribution in [2.75, 3.05) is 19.9 Å². The Labute approximate surface area is 165 Å². The summed E-state index contributed by atoms with van der Waals surface area (Å²) >= 11 is 0. The van der Waals surface area contributed by atoms with E-state index in [0.717, 1.165) is 44.0 Å². The summed E-state index contributed by atoms with van der Waals surface area (Å²) in [7, 11) is 0. The van der Waals surface area contributed by atoms with Crippen molar-refractivity contribution in [3.05, 3.63) is 65.5 Å². The van der Waals surface area contributed by atoms with Gasteiger partial charge in [-0.1, -0.05) is 30.3 Å². The number of rotatable bonds is 4. The fraction of sp³-hybridized carbons (Fsp3) is 0.348. The summed E-state index contributed by atoms with van der Waals surface area (Å²) in [4.78, 5) is 2.53. The first-order chi connectivity index (χ1) is 13.8. The van der Waals surface area contributed by atoms with E-state index in [1.54, 1.807) is 0 Å². The molecule has 1 fully saturated rings. The lowest BCUT2D eigenvalue weighted by molar-refractivity contribution is 0.173. The van der Waals surface area contributed by atoms with Gasteiger partial charge in [0.25, 0.3) is 0 Å². The third-order valence-electron chi connectivity index (χ3n) is 5.94. The van der Waals surface area contributed by atoms with Crippen molar-refractivity contribution in [3.8, 4) is 22.6 Å². The predicted molar refractivity (Wildman–Crippen MR) is 109 cm³/mol. The Morgan fingerprint density at radius 3 is 2.71 bits per heavy atom. The summed E-state index contributed by atoms with van der Waals surface area (Å²) in [5, 5.41) is 7.67. The quantitative estimate of drug-likeness (QED) is 0.730. The molecule has 0 atom stereocenters. The highest BCUT2D eigenvalue weighted by atomic mass is 16.7. The minimum Gasteiger partial charge on any atom is -0.454 e. The molecule has 3 aromatic rings. The first-order valence-corrected chi connectivity index (χ1v) is 9.98. The number of likely N-dealkylation sites (tertiary alicyclic amines) is 1. The maximum atomic E-state index is 5.51. The predicted octanol–water partition coefficient (Wildman–Crippen LogP) is 4.49. The van der Waals surface area contributed by atoms with Crippen molar-refractivity contribution >= 4 is 0 Å². The molecule has 28 heavy (non-hydrogen) atoms. The number of fused-ring (bicyclic) bond motifs is 1. The van der Waals surface area contributed by atoms with E-state index < -0.39 is 0 Å². The lowest BCUT2D eigenvalue weighted by atomic mass is 9.88. The molecule has 0 spiro atoms. The van der Waals surface area contributed by atoms with Crippen molar-refractivity contribution in [2.45, 2.75) is 32.2 Å². The Morgan fingerprint density at radius 1 is 1.04 bits per heavy atom. The molecule has 5 nitrogen and oxygen atoms in total. The van der Waals surface area contributed by atoms with Crippen molar-refractivity contribution in [1.29, 1.82) is 0 Å². The molecule has 2 aromatic carbocycles. The minimum atomic E-state index is 0.331. The topological polar surface area (TPSA) is 50.4 Å². The second-order valence-corrected chi connectivity index (χ2v) is 7.75. The van der Waals surface area contributed by atoms with Gasteiger partial charge in [-0.2, -0.15) is 5.10 Å². The summed E-state index contributed by atoms with van der Waals surface area (Å²) in [6.07, 6.45) is 4.27. The molecule has 5 rings (SSSR count). The molecule has 2 aliphatic rings. The number of H-pyrrole nitrogens is 1. The molecule has 2 aliphatic heterocycles. The highest BCUT2D eigenvalue weighted by Crippen LogP contribution is 2.36. The number of hydrogen-bond donors (Lipinski definition) is 1. The van der Waals surface area contributed by atoms with Crippen molar-refractivity contribution in [3.63, 3.8) is 0 Å². The van der Waals surface area contributed by atoms with Gasteiger partial charge < -0.3 is 9.47 Å². The maximum Gasteiger partial charge on any atom is 0.231 e. The normalized spacial score (nSPS) is 17.2. The molecule has 0 bridgehead atoms. The fourth-order valence-electron chi connectivity index (χ4n) is 4.37. The van der Waals surface area contributed by atoms with E-state index >= 15 is 0 Å². The molecule has 3 heterocycles. The van der Waals surface area contributed by atoms with Crippen LogP contribution in [0.4, 0.5) is 0 Å². The van der Waals surface area contributed by atoms with Gasteiger partial charge in [0.1, 0.15) is 0 Å². The van der Waals surface area contributed by atoms with Gasteiger partial charge in [-0.25, -0.2) is 0 Å². The van der Waals surface area contributed by atoms with Crippen LogP contribution in [0.3, 0.4) is 0 Å². The molecule has 1 saturated heterocycles. The second-order valence-electron chi connectivity index (χ2n) is 7.75. The van der Waals surface area contributed by atoms with Gasteiger partial charge in [-0.15, -0.1) is 0 Å². The summed E-state index contributed by atoms with van der Waals surface area (Å²) < 4.78 is 10.9. The molecular formula is C23H25N3O2. The molecule has 0 amide bonds. The van der Waals surface area contributed by atoms with Crippen LogP contribution in [0.2, 0.25) is 0 Å². The smallest absolute Gasteiger partial charge is 0.231 e. The molecule has 0 unspecified atom stereocenters. The Balaban J connectivity index is 1.26. The largest absolute Gasteiger partial charge is 0.454 e. The third kappa shape index (κ3) is 3.27. The molecule has 5 heteroatoms. The van der Waals surface area contributed by atoms with Gasteiger partial charge in [0, 0.05) is 23.7 Å². The number of ether oxygens (including phenoxy) is 2. The molecule has 144 valence electrons.